The largest absolute Gasteiger partial charge is 0.497 e. The molecule has 0 aliphatic carbocycles. The Morgan fingerprint density at radius 3 is 2.42 bits per heavy atom. The molecule has 0 saturated carbocycles. The fourth-order valence-corrected chi connectivity index (χ4v) is 3.27. The van der Waals surface area contributed by atoms with Gasteiger partial charge in [0.1, 0.15) is 11.5 Å². The lowest BCUT2D eigenvalue weighted by molar-refractivity contribution is 0.102. The number of methoxy groups -OCH3 is 2. The molecule has 1 N–H and O–H groups in total. The number of hydrogen-bond acceptors (Lipinski definition) is 5. The van der Waals surface area contributed by atoms with Crippen LogP contribution in [0.25, 0.3) is 0 Å². The van der Waals surface area contributed by atoms with Crippen molar-refractivity contribution in [3.8, 4) is 11.5 Å². The lowest BCUT2D eigenvalue weighted by atomic mass is 10.2. The maximum absolute atomic E-state index is 12.6. The zero-order valence-corrected chi connectivity index (χ0v) is 14.5. The molecule has 0 bridgehead atoms. The molecule has 0 aromatic heterocycles. The molecule has 2 aromatic carbocycles. The van der Waals surface area contributed by atoms with Crippen molar-refractivity contribution in [1.82, 2.24) is 0 Å². The second kappa shape index (κ2) is 7.35. The molecule has 2 aromatic rings. The van der Waals surface area contributed by atoms with Crippen LogP contribution in [0.2, 0.25) is 0 Å². The van der Waals surface area contributed by atoms with E-state index in [1.165, 1.54) is 33.3 Å². The summed E-state index contributed by atoms with van der Waals surface area (Å²) in [4.78, 5) is 12.6. The van der Waals surface area contributed by atoms with Crippen molar-refractivity contribution in [3.05, 3.63) is 48.0 Å². The van der Waals surface area contributed by atoms with Crippen LogP contribution >= 0.6 is 0 Å². The standard InChI is InChI=1S/C17H19NO5S/c1-4-24(20,21)16-8-6-5-7-13(16)17(19)18-14-10-9-12(22-2)11-15(14)23-3/h5-11H,4H2,1-3H3,(H,18,19). The third-order valence-corrected chi connectivity index (χ3v) is 5.29. The van der Waals surface area contributed by atoms with Gasteiger partial charge in [0.15, 0.2) is 9.84 Å². The van der Waals surface area contributed by atoms with Gasteiger partial charge >= 0.3 is 0 Å². The highest BCUT2D eigenvalue weighted by molar-refractivity contribution is 7.91. The summed E-state index contributed by atoms with van der Waals surface area (Å²) in [5.41, 5.74) is 0.518. The molecule has 0 saturated heterocycles. The predicted octanol–water partition coefficient (Wildman–Crippen LogP) is 2.75. The van der Waals surface area contributed by atoms with E-state index in [2.05, 4.69) is 5.32 Å². The quantitative estimate of drug-likeness (QED) is 0.867. The second-order valence-corrected chi connectivity index (χ2v) is 7.17. The van der Waals surface area contributed by atoms with E-state index in [4.69, 9.17) is 9.47 Å². The van der Waals surface area contributed by atoms with Gasteiger partial charge in [-0.1, -0.05) is 19.1 Å². The third-order valence-electron chi connectivity index (χ3n) is 3.50. The lowest BCUT2D eigenvalue weighted by Crippen LogP contribution is -2.17. The van der Waals surface area contributed by atoms with Gasteiger partial charge in [0.05, 0.1) is 36.1 Å². The van der Waals surface area contributed by atoms with E-state index in [9.17, 15) is 13.2 Å². The lowest BCUT2D eigenvalue weighted by Gasteiger charge is -2.13. The monoisotopic (exact) mass is 349 g/mol. The first-order chi connectivity index (χ1) is 11.4. The molecule has 128 valence electrons. The number of ether oxygens (including phenoxy) is 2. The molecule has 1 amide bonds. The van der Waals surface area contributed by atoms with E-state index in [-0.39, 0.29) is 16.2 Å². The molecule has 0 radical (unpaired) electrons. The minimum absolute atomic E-state index is 0.0116. The maximum Gasteiger partial charge on any atom is 0.257 e. The number of benzene rings is 2. The van der Waals surface area contributed by atoms with Crippen LogP contribution in [0.15, 0.2) is 47.4 Å². The van der Waals surface area contributed by atoms with Crippen LogP contribution in [-0.2, 0) is 9.84 Å². The van der Waals surface area contributed by atoms with Gasteiger partial charge in [-0.2, -0.15) is 0 Å². The van der Waals surface area contributed by atoms with Gasteiger partial charge in [0.2, 0.25) is 0 Å². The molecule has 0 spiro atoms. The highest BCUT2D eigenvalue weighted by atomic mass is 32.2. The molecule has 0 aliphatic heterocycles. The summed E-state index contributed by atoms with van der Waals surface area (Å²) in [6.45, 7) is 1.54. The zero-order valence-electron chi connectivity index (χ0n) is 13.7. The fourth-order valence-electron chi connectivity index (χ4n) is 2.17. The molecule has 2 rings (SSSR count). The molecular weight excluding hydrogens is 330 g/mol. The second-order valence-electron chi connectivity index (χ2n) is 4.92. The first kappa shape index (κ1) is 17.8. The van der Waals surface area contributed by atoms with Crippen LogP contribution in [0.4, 0.5) is 5.69 Å². The topological polar surface area (TPSA) is 81.7 Å². The average Bonchev–Trinajstić information content (AvgIpc) is 2.61. The summed E-state index contributed by atoms with van der Waals surface area (Å²) in [7, 11) is -0.506. The van der Waals surface area contributed by atoms with Crippen LogP contribution in [0.5, 0.6) is 11.5 Å². The molecule has 0 heterocycles. The van der Waals surface area contributed by atoms with Gasteiger partial charge in [-0.3, -0.25) is 4.79 Å². The summed E-state index contributed by atoms with van der Waals surface area (Å²) < 4.78 is 34.7. The number of rotatable bonds is 6. The molecule has 7 heteroatoms. The first-order valence-corrected chi connectivity index (χ1v) is 8.93. The van der Waals surface area contributed by atoms with E-state index in [1.54, 1.807) is 30.3 Å². The molecule has 6 nitrogen and oxygen atoms in total. The van der Waals surface area contributed by atoms with Crippen LogP contribution in [-0.4, -0.2) is 34.3 Å². The highest BCUT2D eigenvalue weighted by Gasteiger charge is 2.21. The maximum atomic E-state index is 12.6. The Morgan fingerprint density at radius 2 is 1.79 bits per heavy atom. The van der Waals surface area contributed by atoms with Gasteiger partial charge in [0, 0.05) is 6.07 Å². The minimum atomic E-state index is -3.50. The minimum Gasteiger partial charge on any atom is -0.497 e. The smallest absolute Gasteiger partial charge is 0.257 e. The van der Waals surface area contributed by atoms with Gasteiger partial charge < -0.3 is 14.8 Å². The number of carbonyl (C=O) groups is 1. The van der Waals surface area contributed by atoms with Crippen molar-refractivity contribution in [2.24, 2.45) is 0 Å². The zero-order chi connectivity index (χ0) is 17.7. The highest BCUT2D eigenvalue weighted by Crippen LogP contribution is 2.30. The SMILES string of the molecule is CCS(=O)(=O)c1ccccc1C(=O)Nc1ccc(OC)cc1OC. The van der Waals surface area contributed by atoms with Crippen molar-refractivity contribution in [2.45, 2.75) is 11.8 Å². The molecule has 0 unspecified atom stereocenters. The Kier molecular flexibility index (Phi) is 5.46. The normalized spacial score (nSPS) is 11.0. The molecule has 0 fully saturated rings. The Morgan fingerprint density at radius 1 is 1.08 bits per heavy atom. The van der Waals surface area contributed by atoms with Crippen LogP contribution in [0.3, 0.4) is 0 Å². The van der Waals surface area contributed by atoms with Crippen LogP contribution in [0, 0.1) is 0 Å². The van der Waals surface area contributed by atoms with E-state index in [1.807, 2.05) is 0 Å². The van der Waals surface area contributed by atoms with Crippen molar-refractivity contribution >= 4 is 21.4 Å². The number of carbonyl (C=O) groups excluding carboxylic acids is 1. The van der Waals surface area contributed by atoms with Gasteiger partial charge in [-0.05, 0) is 24.3 Å². The van der Waals surface area contributed by atoms with Crippen molar-refractivity contribution in [3.63, 3.8) is 0 Å². The molecular formula is C17H19NO5S. The van der Waals surface area contributed by atoms with Gasteiger partial charge in [-0.15, -0.1) is 0 Å². The Balaban J connectivity index is 2.39. The Hall–Kier alpha value is -2.54. The van der Waals surface area contributed by atoms with Crippen molar-refractivity contribution < 1.29 is 22.7 Å². The van der Waals surface area contributed by atoms with Crippen LogP contribution in [0.1, 0.15) is 17.3 Å². The average molecular weight is 349 g/mol. The van der Waals surface area contributed by atoms with E-state index < -0.39 is 15.7 Å². The Labute approximate surface area is 141 Å². The fraction of sp³-hybridized carbons (Fsp3) is 0.235. The van der Waals surface area contributed by atoms with Gasteiger partial charge in [-0.25, -0.2) is 8.42 Å². The number of hydrogen-bond donors (Lipinski definition) is 1. The molecule has 24 heavy (non-hydrogen) atoms. The Bertz CT molecular complexity index is 846. The molecule has 0 atom stereocenters. The number of nitrogens with one attached hydrogen (secondary N) is 1. The summed E-state index contributed by atoms with van der Waals surface area (Å²) in [5, 5.41) is 2.68. The van der Waals surface area contributed by atoms with Crippen LogP contribution < -0.4 is 14.8 Å². The summed E-state index contributed by atoms with van der Waals surface area (Å²) >= 11 is 0. The summed E-state index contributed by atoms with van der Waals surface area (Å²) in [6, 6.07) is 11.1. The van der Waals surface area contributed by atoms with Gasteiger partial charge in [0.25, 0.3) is 5.91 Å². The summed E-state index contributed by atoms with van der Waals surface area (Å²) in [5.74, 6) is 0.395. The number of anilines is 1. The van der Waals surface area contributed by atoms with E-state index >= 15 is 0 Å². The van der Waals surface area contributed by atoms with Crippen molar-refractivity contribution in [2.75, 3.05) is 25.3 Å². The van der Waals surface area contributed by atoms with Crippen molar-refractivity contribution in [1.29, 1.82) is 0 Å². The third kappa shape index (κ3) is 3.68. The summed E-state index contributed by atoms with van der Waals surface area (Å²) in [6.07, 6.45) is 0. The van der Waals surface area contributed by atoms with E-state index in [0.717, 1.165) is 0 Å². The predicted molar refractivity (Wildman–Crippen MR) is 91.7 cm³/mol. The number of sulfone groups is 1. The molecule has 0 aliphatic rings. The number of amides is 1. The van der Waals surface area contributed by atoms with E-state index in [0.29, 0.717) is 17.2 Å². The first-order valence-electron chi connectivity index (χ1n) is 7.28.